The van der Waals surface area contributed by atoms with E-state index >= 15 is 0 Å². The fourth-order valence-electron chi connectivity index (χ4n) is 0.319. The number of hydrogen-bond donors (Lipinski definition) is 1. The molecule has 0 aliphatic heterocycles. The Hall–Kier alpha value is -0.330. The van der Waals surface area contributed by atoms with Crippen molar-refractivity contribution < 1.29 is 18.5 Å². The highest BCUT2D eigenvalue weighted by Crippen LogP contribution is 2.42. The van der Waals surface area contributed by atoms with Gasteiger partial charge in [-0.25, -0.2) is 4.57 Å². The summed E-state index contributed by atoms with van der Waals surface area (Å²) < 4.78 is 19.2. The highest BCUT2D eigenvalue weighted by molar-refractivity contribution is 7.47. The van der Waals surface area contributed by atoms with Gasteiger partial charge in [-0.05, 0) is 6.92 Å². The maximum absolute atomic E-state index is 10.6. The molecule has 0 bridgehead atoms. The van der Waals surface area contributed by atoms with Gasteiger partial charge in [0.25, 0.3) is 0 Å². The lowest BCUT2D eigenvalue weighted by molar-refractivity contribution is 0.169. The summed E-state index contributed by atoms with van der Waals surface area (Å²) in [5.74, 6) is 2.05. The van der Waals surface area contributed by atoms with E-state index in [0.29, 0.717) is 0 Å². The molecule has 0 aromatic heterocycles. The molecule has 0 saturated heterocycles. The van der Waals surface area contributed by atoms with E-state index in [4.69, 9.17) is 11.3 Å². The van der Waals surface area contributed by atoms with Crippen LogP contribution in [0.2, 0.25) is 0 Å². The van der Waals surface area contributed by atoms with Crippen LogP contribution in [0.15, 0.2) is 0 Å². The molecule has 1 atom stereocenters. The maximum Gasteiger partial charge on any atom is 0.473 e. The summed E-state index contributed by atoms with van der Waals surface area (Å²) >= 11 is 0. The maximum atomic E-state index is 10.6. The summed E-state index contributed by atoms with van der Waals surface area (Å²) in [5.41, 5.74) is 0. The molecule has 0 radical (unpaired) electrons. The van der Waals surface area contributed by atoms with Crippen molar-refractivity contribution in [1.29, 1.82) is 0 Å². The molecular weight excluding hydrogens is 155 g/mol. The van der Waals surface area contributed by atoms with Crippen LogP contribution in [0.4, 0.5) is 0 Å². The van der Waals surface area contributed by atoms with Crippen molar-refractivity contribution in [3.63, 3.8) is 0 Å². The zero-order valence-electron chi connectivity index (χ0n) is 5.61. The largest absolute Gasteiger partial charge is 0.473 e. The third kappa shape index (κ3) is 4.54. The van der Waals surface area contributed by atoms with Crippen LogP contribution in [0.25, 0.3) is 0 Å². The first kappa shape index (κ1) is 9.67. The van der Waals surface area contributed by atoms with E-state index in [0.717, 1.165) is 0 Å². The molecule has 0 heterocycles. The minimum atomic E-state index is -3.85. The van der Waals surface area contributed by atoms with Crippen molar-refractivity contribution in [2.24, 2.45) is 0 Å². The lowest BCUT2D eigenvalue weighted by Crippen LogP contribution is -1.94. The van der Waals surface area contributed by atoms with Crippen LogP contribution in [0.3, 0.4) is 0 Å². The second-order valence-corrected chi connectivity index (χ2v) is 2.82. The van der Waals surface area contributed by atoms with Crippen molar-refractivity contribution >= 4 is 7.82 Å². The topological polar surface area (TPSA) is 55.8 Å². The van der Waals surface area contributed by atoms with E-state index in [1.54, 1.807) is 6.92 Å². The normalized spacial score (nSPS) is 15.7. The van der Waals surface area contributed by atoms with E-state index in [9.17, 15) is 4.57 Å². The van der Waals surface area contributed by atoms with Crippen LogP contribution in [-0.4, -0.2) is 18.1 Å². The van der Waals surface area contributed by atoms with Gasteiger partial charge in [0.1, 0.15) is 6.61 Å². The molecule has 0 aromatic rings. The summed E-state index contributed by atoms with van der Waals surface area (Å²) in [6, 6.07) is 0. The number of rotatable bonds is 4. The van der Waals surface area contributed by atoms with E-state index in [1.807, 2.05) is 5.92 Å². The first-order valence-corrected chi connectivity index (χ1v) is 4.17. The molecule has 0 rings (SSSR count). The van der Waals surface area contributed by atoms with Crippen molar-refractivity contribution in [1.82, 2.24) is 0 Å². The van der Waals surface area contributed by atoms with Crippen LogP contribution in [0.5, 0.6) is 0 Å². The van der Waals surface area contributed by atoms with Gasteiger partial charge < -0.3 is 4.89 Å². The summed E-state index contributed by atoms with van der Waals surface area (Å²) in [6.07, 6.45) is 4.77. The highest BCUT2D eigenvalue weighted by Gasteiger charge is 2.18. The zero-order valence-corrected chi connectivity index (χ0v) is 6.51. The van der Waals surface area contributed by atoms with Crippen molar-refractivity contribution in [2.45, 2.75) is 6.92 Å². The Bertz CT molecular complexity index is 171. The molecule has 0 fully saturated rings. The summed E-state index contributed by atoms with van der Waals surface area (Å²) in [6.45, 7) is 1.49. The molecular formula is C5H9O4P. The molecule has 0 spiro atoms. The molecule has 0 aliphatic carbocycles. The van der Waals surface area contributed by atoms with Crippen LogP contribution in [0.1, 0.15) is 6.92 Å². The Balaban J connectivity index is 3.67. The summed E-state index contributed by atoms with van der Waals surface area (Å²) in [7, 11) is -3.85. The predicted octanol–water partition coefficient (Wildman–Crippen LogP) is 0.773. The fraction of sp³-hybridized carbons (Fsp3) is 0.600. The summed E-state index contributed by atoms with van der Waals surface area (Å²) in [5, 5.41) is 0. The number of phosphoric acid groups is 1. The van der Waals surface area contributed by atoms with Gasteiger partial charge in [-0.1, -0.05) is 5.92 Å². The first-order valence-electron chi connectivity index (χ1n) is 2.67. The van der Waals surface area contributed by atoms with Gasteiger partial charge >= 0.3 is 7.82 Å². The third-order valence-corrected chi connectivity index (χ3v) is 1.64. The van der Waals surface area contributed by atoms with E-state index in [1.165, 1.54) is 0 Å². The first-order chi connectivity index (χ1) is 4.62. The zero-order chi connectivity index (χ0) is 8.04. The van der Waals surface area contributed by atoms with E-state index in [2.05, 4.69) is 9.05 Å². The van der Waals surface area contributed by atoms with Gasteiger partial charge in [0.05, 0.1) is 6.61 Å². The molecule has 58 valence electrons. The molecule has 4 nitrogen and oxygen atoms in total. The summed E-state index contributed by atoms with van der Waals surface area (Å²) in [4.78, 5) is 8.66. The van der Waals surface area contributed by atoms with Gasteiger partial charge in [-0.2, -0.15) is 0 Å². The Morgan fingerprint density at radius 2 is 2.30 bits per heavy atom. The molecule has 1 unspecified atom stereocenters. The van der Waals surface area contributed by atoms with E-state index in [-0.39, 0.29) is 13.2 Å². The predicted molar refractivity (Wildman–Crippen MR) is 36.2 cm³/mol. The van der Waals surface area contributed by atoms with E-state index < -0.39 is 7.82 Å². The number of phosphoric ester groups is 1. The average Bonchev–Trinajstić information content (AvgIpc) is 1.84. The highest BCUT2D eigenvalue weighted by atomic mass is 31.2. The van der Waals surface area contributed by atoms with Crippen LogP contribution < -0.4 is 0 Å². The molecule has 0 amide bonds. The molecule has 0 saturated carbocycles. The smallest absolute Gasteiger partial charge is 0.302 e. The minimum absolute atomic E-state index is 0.123. The third-order valence-electron chi connectivity index (χ3n) is 0.603. The van der Waals surface area contributed by atoms with Crippen molar-refractivity contribution in [3.8, 4) is 12.3 Å². The second-order valence-electron chi connectivity index (χ2n) is 1.36. The molecule has 1 N–H and O–H groups in total. The SMILES string of the molecule is C#CCOP(=O)(O)OCC. The Morgan fingerprint density at radius 3 is 2.70 bits per heavy atom. The average molecular weight is 164 g/mol. The van der Waals surface area contributed by atoms with Crippen LogP contribution >= 0.6 is 7.82 Å². The van der Waals surface area contributed by atoms with Gasteiger partial charge in [-0.3, -0.25) is 9.05 Å². The number of hydrogen-bond acceptors (Lipinski definition) is 3. The van der Waals surface area contributed by atoms with Crippen LogP contribution in [0, 0.1) is 12.3 Å². The quantitative estimate of drug-likeness (QED) is 0.492. The standard InChI is InChI=1S/C5H9O4P/c1-3-5-9-10(6,7)8-4-2/h1H,4-5H2,2H3,(H,6,7). The second kappa shape index (κ2) is 4.48. The van der Waals surface area contributed by atoms with Crippen molar-refractivity contribution in [3.05, 3.63) is 0 Å². The van der Waals surface area contributed by atoms with Gasteiger partial charge in [-0.15, -0.1) is 6.42 Å². The lowest BCUT2D eigenvalue weighted by atomic mass is 10.8. The van der Waals surface area contributed by atoms with Crippen molar-refractivity contribution in [2.75, 3.05) is 13.2 Å². The monoisotopic (exact) mass is 164 g/mol. The van der Waals surface area contributed by atoms with Crippen LogP contribution in [-0.2, 0) is 13.6 Å². The molecule has 0 aromatic carbocycles. The lowest BCUT2D eigenvalue weighted by Gasteiger charge is -2.07. The van der Waals surface area contributed by atoms with Gasteiger partial charge in [0, 0.05) is 0 Å². The minimum Gasteiger partial charge on any atom is -0.302 e. The molecule has 10 heavy (non-hydrogen) atoms. The molecule has 5 heteroatoms. The Morgan fingerprint density at radius 1 is 1.70 bits per heavy atom. The fourth-order valence-corrected chi connectivity index (χ4v) is 0.958. The molecule has 0 aliphatic rings. The van der Waals surface area contributed by atoms with Gasteiger partial charge in [0.15, 0.2) is 0 Å². The Kier molecular flexibility index (Phi) is 4.33. The van der Waals surface area contributed by atoms with Gasteiger partial charge in [0.2, 0.25) is 0 Å². The Labute approximate surface area is 59.8 Å². The number of terminal acetylenes is 1.